The van der Waals surface area contributed by atoms with Gasteiger partial charge in [0.25, 0.3) is 0 Å². The molecule has 0 atom stereocenters. The van der Waals surface area contributed by atoms with Gasteiger partial charge in [0.2, 0.25) is 5.89 Å². The summed E-state index contributed by atoms with van der Waals surface area (Å²) in [4.78, 5) is 11.1. The van der Waals surface area contributed by atoms with E-state index in [4.69, 9.17) is 4.52 Å². The monoisotopic (exact) mass is 514 g/mol. The zero-order valence-electron chi connectivity index (χ0n) is 18.0. The number of para-hydroxylation sites is 1. The van der Waals surface area contributed by atoms with E-state index in [1.807, 2.05) is 0 Å². The molecule has 1 aromatic heterocycles. The molecule has 0 amide bonds. The number of rotatable bonds is 11. The molecule has 2 aromatic rings. The van der Waals surface area contributed by atoms with E-state index in [2.05, 4.69) is 81.8 Å². The molecular formula is C21H35IN6O. The summed E-state index contributed by atoms with van der Waals surface area (Å²) in [7, 11) is 1.80. The molecule has 0 spiro atoms. The third-order valence-corrected chi connectivity index (χ3v) is 4.48. The lowest BCUT2D eigenvalue weighted by atomic mass is 10.2. The van der Waals surface area contributed by atoms with Gasteiger partial charge in [-0.3, -0.25) is 4.99 Å². The maximum Gasteiger partial charge on any atom is 0.226 e. The van der Waals surface area contributed by atoms with E-state index in [1.54, 1.807) is 7.05 Å². The van der Waals surface area contributed by atoms with Crippen LogP contribution in [0.3, 0.4) is 0 Å². The summed E-state index contributed by atoms with van der Waals surface area (Å²) in [6.07, 6.45) is 2.73. The lowest BCUT2D eigenvalue weighted by Gasteiger charge is -2.23. The molecule has 2 N–H and O–H groups in total. The highest BCUT2D eigenvalue weighted by Gasteiger charge is 2.09. The van der Waals surface area contributed by atoms with Crippen LogP contribution in [0.5, 0.6) is 0 Å². The predicted octanol–water partition coefficient (Wildman–Crippen LogP) is 3.83. The SMILES string of the molecule is CCN(CCCNC(=NC)NCCCc1nc(C(C)C)no1)c1ccccc1.I. The molecule has 2 rings (SSSR count). The molecule has 0 aliphatic carbocycles. The minimum absolute atomic E-state index is 0. The zero-order valence-corrected chi connectivity index (χ0v) is 20.3. The molecule has 0 aliphatic rings. The fraction of sp³-hybridized carbons (Fsp3) is 0.571. The van der Waals surface area contributed by atoms with Crippen molar-refractivity contribution < 1.29 is 4.52 Å². The highest BCUT2D eigenvalue weighted by Crippen LogP contribution is 2.13. The maximum atomic E-state index is 5.27. The van der Waals surface area contributed by atoms with Crippen molar-refractivity contribution in [1.82, 2.24) is 20.8 Å². The zero-order chi connectivity index (χ0) is 20.2. The van der Waals surface area contributed by atoms with E-state index in [1.165, 1.54) is 5.69 Å². The number of nitrogens with zero attached hydrogens (tertiary/aromatic N) is 4. The summed E-state index contributed by atoms with van der Waals surface area (Å²) in [6, 6.07) is 10.5. The quantitative estimate of drug-likeness (QED) is 0.206. The Morgan fingerprint density at radius 2 is 1.83 bits per heavy atom. The number of anilines is 1. The Bertz CT molecular complexity index is 704. The van der Waals surface area contributed by atoms with Gasteiger partial charge in [-0.05, 0) is 31.9 Å². The maximum absolute atomic E-state index is 5.27. The summed E-state index contributed by atoms with van der Waals surface area (Å²) in [5.41, 5.74) is 1.27. The van der Waals surface area contributed by atoms with E-state index in [0.29, 0.717) is 11.8 Å². The van der Waals surface area contributed by atoms with Crippen molar-refractivity contribution >= 4 is 35.6 Å². The van der Waals surface area contributed by atoms with Gasteiger partial charge in [0, 0.05) is 51.3 Å². The van der Waals surface area contributed by atoms with Crippen LogP contribution in [-0.2, 0) is 6.42 Å². The first-order valence-electron chi connectivity index (χ1n) is 10.2. The highest BCUT2D eigenvalue weighted by molar-refractivity contribution is 14.0. The van der Waals surface area contributed by atoms with Crippen LogP contribution in [0.15, 0.2) is 39.8 Å². The van der Waals surface area contributed by atoms with Crippen LogP contribution in [0, 0.1) is 0 Å². The Labute approximate surface area is 191 Å². The molecule has 1 aromatic carbocycles. The third kappa shape index (κ3) is 9.01. The number of hydrogen-bond acceptors (Lipinski definition) is 5. The summed E-state index contributed by atoms with van der Waals surface area (Å²) >= 11 is 0. The number of halogens is 1. The molecule has 29 heavy (non-hydrogen) atoms. The lowest BCUT2D eigenvalue weighted by Crippen LogP contribution is -2.39. The van der Waals surface area contributed by atoms with E-state index in [0.717, 1.165) is 57.2 Å². The Morgan fingerprint density at radius 1 is 1.14 bits per heavy atom. The smallest absolute Gasteiger partial charge is 0.226 e. The van der Waals surface area contributed by atoms with Crippen LogP contribution in [0.4, 0.5) is 5.69 Å². The number of guanidine groups is 1. The Balaban J connectivity index is 0.00000420. The molecule has 8 heteroatoms. The van der Waals surface area contributed by atoms with Crippen LogP contribution < -0.4 is 15.5 Å². The van der Waals surface area contributed by atoms with Gasteiger partial charge >= 0.3 is 0 Å². The molecule has 0 bridgehead atoms. The summed E-state index contributed by atoms with van der Waals surface area (Å²) < 4.78 is 5.27. The minimum Gasteiger partial charge on any atom is -0.372 e. The van der Waals surface area contributed by atoms with Crippen LogP contribution in [0.25, 0.3) is 0 Å². The van der Waals surface area contributed by atoms with E-state index >= 15 is 0 Å². The second-order valence-corrected chi connectivity index (χ2v) is 7.00. The average Bonchev–Trinajstić information content (AvgIpc) is 3.19. The molecule has 7 nitrogen and oxygen atoms in total. The number of benzene rings is 1. The van der Waals surface area contributed by atoms with E-state index in [-0.39, 0.29) is 24.0 Å². The first-order valence-corrected chi connectivity index (χ1v) is 10.2. The van der Waals surface area contributed by atoms with Gasteiger partial charge in [0.1, 0.15) is 0 Å². The molecule has 0 fully saturated rings. The number of aliphatic imine (C=N–C) groups is 1. The summed E-state index contributed by atoms with van der Waals surface area (Å²) in [5.74, 6) is 2.60. The number of aromatic nitrogens is 2. The fourth-order valence-electron chi connectivity index (χ4n) is 2.86. The molecule has 1 heterocycles. The first kappa shape index (κ1) is 25.2. The molecular weight excluding hydrogens is 479 g/mol. The van der Waals surface area contributed by atoms with Crippen molar-refractivity contribution in [3.05, 3.63) is 42.0 Å². The third-order valence-electron chi connectivity index (χ3n) is 4.48. The van der Waals surface area contributed by atoms with Gasteiger partial charge in [-0.25, -0.2) is 0 Å². The fourth-order valence-corrected chi connectivity index (χ4v) is 2.86. The molecule has 0 radical (unpaired) electrons. The van der Waals surface area contributed by atoms with Crippen molar-refractivity contribution in [3.8, 4) is 0 Å². The van der Waals surface area contributed by atoms with Crippen LogP contribution >= 0.6 is 24.0 Å². The van der Waals surface area contributed by atoms with Crippen LogP contribution in [-0.4, -0.2) is 49.3 Å². The highest BCUT2D eigenvalue weighted by atomic mass is 127. The Morgan fingerprint density at radius 3 is 2.41 bits per heavy atom. The van der Waals surface area contributed by atoms with Crippen LogP contribution in [0.1, 0.15) is 51.2 Å². The Hall–Kier alpha value is -1.84. The van der Waals surface area contributed by atoms with E-state index < -0.39 is 0 Å². The van der Waals surface area contributed by atoms with Crippen molar-refractivity contribution in [3.63, 3.8) is 0 Å². The standard InChI is InChI=1S/C21H34N6O.HI/c1-5-27(18-11-7-6-8-12-18)16-10-15-24-21(22-4)23-14-9-13-19-25-20(17(2)3)26-28-19;/h6-8,11-12,17H,5,9-10,13-16H2,1-4H3,(H2,22,23,24);1H. The van der Waals surface area contributed by atoms with Gasteiger partial charge in [0.15, 0.2) is 11.8 Å². The largest absolute Gasteiger partial charge is 0.372 e. The first-order chi connectivity index (χ1) is 13.6. The van der Waals surface area contributed by atoms with Crippen molar-refractivity contribution in [2.75, 3.05) is 38.1 Å². The Kier molecular flexibility index (Phi) is 12.3. The van der Waals surface area contributed by atoms with Gasteiger partial charge in [-0.2, -0.15) is 4.98 Å². The second kappa shape index (κ2) is 14.2. The van der Waals surface area contributed by atoms with Crippen molar-refractivity contribution in [2.45, 2.75) is 46.0 Å². The molecule has 0 unspecified atom stereocenters. The van der Waals surface area contributed by atoms with Gasteiger partial charge in [-0.15, -0.1) is 24.0 Å². The molecule has 162 valence electrons. The molecule has 0 aliphatic heterocycles. The van der Waals surface area contributed by atoms with Gasteiger partial charge in [-0.1, -0.05) is 37.2 Å². The van der Waals surface area contributed by atoms with E-state index in [9.17, 15) is 0 Å². The number of nitrogens with one attached hydrogen (secondary N) is 2. The second-order valence-electron chi connectivity index (χ2n) is 7.00. The topological polar surface area (TPSA) is 78.6 Å². The summed E-state index contributed by atoms with van der Waals surface area (Å²) in [6.45, 7) is 10.0. The van der Waals surface area contributed by atoms with Crippen LogP contribution in [0.2, 0.25) is 0 Å². The summed E-state index contributed by atoms with van der Waals surface area (Å²) in [5, 5.41) is 10.7. The number of hydrogen-bond donors (Lipinski definition) is 2. The van der Waals surface area contributed by atoms with Crippen molar-refractivity contribution in [2.24, 2.45) is 4.99 Å². The number of aryl methyl sites for hydroxylation is 1. The molecule has 0 saturated carbocycles. The average molecular weight is 514 g/mol. The predicted molar refractivity (Wildman–Crippen MR) is 130 cm³/mol. The minimum atomic E-state index is 0. The lowest BCUT2D eigenvalue weighted by molar-refractivity contribution is 0.368. The molecule has 0 saturated heterocycles. The normalized spacial score (nSPS) is 11.3. The van der Waals surface area contributed by atoms with Crippen molar-refractivity contribution in [1.29, 1.82) is 0 Å². The van der Waals surface area contributed by atoms with Gasteiger partial charge in [0.05, 0.1) is 0 Å². The van der Waals surface area contributed by atoms with Gasteiger partial charge < -0.3 is 20.1 Å².